The molecule has 5 heteroatoms. The molecule has 1 amide bonds. The molecule has 1 saturated heterocycles. The van der Waals surface area contributed by atoms with Gasteiger partial charge in [0.1, 0.15) is 0 Å². The molecule has 0 bridgehead atoms. The van der Waals surface area contributed by atoms with Gasteiger partial charge in [0.25, 0.3) is 0 Å². The second-order valence-electron chi connectivity index (χ2n) is 6.34. The smallest absolute Gasteiger partial charge is 0.224 e. The number of benzene rings is 1. The minimum absolute atomic E-state index is 0.119. The van der Waals surface area contributed by atoms with Crippen molar-refractivity contribution in [2.75, 3.05) is 18.0 Å². The van der Waals surface area contributed by atoms with Gasteiger partial charge in [0.15, 0.2) is 5.82 Å². The van der Waals surface area contributed by atoms with Crippen molar-refractivity contribution in [3.63, 3.8) is 0 Å². The van der Waals surface area contributed by atoms with E-state index in [4.69, 9.17) is 0 Å². The highest BCUT2D eigenvalue weighted by Crippen LogP contribution is 2.18. The lowest BCUT2D eigenvalue weighted by atomic mass is 10.0. The van der Waals surface area contributed by atoms with Crippen molar-refractivity contribution in [3.05, 3.63) is 47.2 Å². The van der Waals surface area contributed by atoms with Crippen molar-refractivity contribution in [1.29, 1.82) is 0 Å². The van der Waals surface area contributed by atoms with Crippen LogP contribution in [0.25, 0.3) is 0 Å². The zero-order valence-corrected chi connectivity index (χ0v) is 13.8. The molecule has 23 heavy (non-hydrogen) atoms. The summed E-state index contributed by atoms with van der Waals surface area (Å²) in [6.07, 6.45) is 2.39. The zero-order valence-electron chi connectivity index (χ0n) is 13.8. The molecule has 0 atom stereocenters. The maximum atomic E-state index is 12.2. The molecule has 2 heterocycles. The van der Waals surface area contributed by atoms with Gasteiger partial charge in [0.2, 0.25) is 5.91 Å². The Morgan fingerprint density at radius 1 is 1.30 bits per heavy atom. The van der Waals surface area contributed by atoms with Crippen molar-refractivity contribution >= 4 is 11.7 Å². The third-order valence-corrected chi connectivity index (χ3v) is 4.49. The number of aromatic amines is 1. The molecule has 0 aliphatic carbocycles. The van der Waals surface area contributed by atoms with Crippen LogP contribution in [0.5, 0.6) is 0 Å². The predicted octanol–water partition coefficient (Wildman–Crippen LogP) is 2.35. The van der Waals surface area contributed by atoms with Gasteiger partial charge in [-0.2, -0.15) is 5.10 Å². The van der Waals surface area contributed by atoms with Gasteiger partial charge in [-0.25, -0.2) is 0 Å². The Balaban J connectivity index is 1.49. The van der Waals surface area contributed by atoms with Gasteiger partial charge in [-0.05, 0) is 37.8 Å². The Bertz CT molecular complexity index is 671. The SMILES string of the molecule is Cc1cc(N2CCC(NC(=O)Cc3ccccc3C)CC2)n[nH]1. The summed E-state index contributed by atoms with van der Waals surface area (Å²) < 4.78 is 0. The third kappa shape index (κ3) is 3.92. The molecule has 0 saturated carbocycles. The largest absolute Gasteiger partial charge is 0.355 e. The molecule has 2 aromatic rings. The van der Waals surface area contributed by atoms with E-state index in [0.29, 0.717) is 6.42 Å². The average Bonchev–Trinajstić information content (AvgIpc) is 2.97. The van der Waals surface area contributed by atoms with Gasteiger partial charge in [-0.3, -0.25) is 9.89 Å². The van der Waals surface area contributed by atoms with Crippen molar-refractivity contribution in [3.8, 4) is 0 Å². The number of nitrogens with one attached hydrogen (secondary N) is 2. The highest BCUT2D eigenvalue weighted by Gasteiger charge is 2.22. The number of carbonyl (C=O) groups excluding carboxylic acids is 1. The Labute approximate surface area is 137 Å². The quantitative estimate of drug-likeness (QED) is 0.911. The summed E-state index contributed by atoms with van der Waals surface area (Å²) in [6, 6.07) is 10.4. The first kappa shape index (κ1) is 15.6. The summed E-state index contributed by atoms with van der Waals surface area (Å²) in [4.78, 5) is 14.5. The standard InChI is InChI=1S/C18H24N4O/c1-13-5-3-4-6-15(13)12-18(23)19-16-7-9-22(10-8-16)17-11-14(2)20-21-17/h3-6,11,16H,7-10,12H2,1-2H3,(H,19,23)(H,20,21). The van der Waals surface area contributed by atoms with Crippen molar-refractivity contribution in [2.24, 2.45) is 0 Å². The van der Waals surface area contributed by atoms with Gasteiger partial charge in [-0.15, -0.1) is 0 Å². The summed E-state index contributed by atoms with van der Waals surface area (Å²) in [7, 11) is 0. The second-order valence-corrected chi connectivity index (χ2v) is 6.34. The molecule has 1 aromatic carbocycles. The van der Waals surface area contributed by atoms with E-state index in [-0.39, 0.29) is 11.9 Å². The normalized spacial score (nSPS) is 15.7. The minimum Gasteiger partial charge on any atom is -0.355 e. The fourth-order valence-electron chi connectivity index (χ4n) is 3.08. The highest BCUT2D eigenvalue weighted by atomic mass is 16.1. The van der Waals surface area contributed by atoms with Gasteiger partial charge in [0.05, 0.1) is 6.42 Å². The summed E-state index contributed by atoms with van der Waals surface area (Å²) in [5.41, 5.74) is 3.36. The topological polar surface area (TPSA) is 61.0 Å². The number of aryl methyl sites for hydroxylation is 2. The van der Waals surface area contributed by atoms with Gasteiger partial charge in [0, 0.05) is 30.9 Å². The van der Waals surface area contributed by atoms with Crippen molar-refractivity contribution < 1.29 is 4.79 Å². The van der Waals surface area contributed by atoms with Crippen LogP contribution in [-0.4, -0.2) is 35.2 Å². The van der Waals surface area contributed by atoms with Crippen LogP contribution in [-0.2, 0) is 11.2 Å². The van der Waals surface area contributed by atoms with Gasteiger partial charge < -0.3 is 10.2 Å². The lowest BCUT2D eigenvalue weighted by molar-refractivity contribution is -0.121. The maximum Gasteiger partial charge on any atom is 0.224 e. The van der Waals surface area contributed by atoms with Crippen LogP contribution >= 0.6 is 0 Å². The van der Waals surface area contributed by atoms with Crippen LogP contribution in [0.1, 0.15) is 29.7 Å². The second kappa shape index (κ2) is 6.86. The van der Waals surface area contributed by atoms with Crippen LogP contribution in [0.3, 0.4) is 0 Å². The summed E-state index contributed by atoms with van der Waals surface area (Å²) in [5, 5.41) is 10.5. The highest BCUT2D eigenvalue weighted by molar-refractivity contribution is 5.79. The van der Waals surface area contributed by atoms with E-state index in [0.717, 1.165) is 43.0 Å². The fraction of sp³-hybridized carbons (Fsp3) is 0.444. The molecule has 0 unspecified atom stereocenters. The predicted molar refractivity (Wildman–Crippen MR) is 91.6 cm³/mol. The van der Waals surface area contributed by atoms with Crippen molar-refractivity contribution in [2.45, 2.75) is 39.2 Å². The fourth-order valence-corrected chi connectivity index (χ4v) is 3.08. The Hall–Kier alpha value is -2.30. The zero-order chi connectivity index (χ0) is 16.2. The Morgan fingerprint density at radius 3 is 2.70 bits per heavy atom. The number of carbonyl (C=O) groups is 1. The first-order valence-electron chi connectivity index (χ1n) is 8.22. The molecule has 1 aliphatic rings. The number of H-pyrrole nitrogens is 1. The van der Waals surface area contributed by atoms with Crippen molar-refractivity contribution in [1.82, 2.24) is 15.5 Å². The molecule has 122 valence electrons. The number of hydrogen-bond acceptors (Lipinski definition) is 3. The number of amides is 1. The molecule has 1 aromatic heterocycles. The summed E-state index contributed by atoms with van der Waals surface area (Å²) >= 11 is 0. The Morgan fingerprint density at radius 2 is 2.04 bits per heavy atom. The molecule has 5 nitrogen and oxygen atoms in total. The monoisotopic (exact) mass is 312 g/mol. The number of aromatic nitrogens is 2. The van der Waals surface area contributed by atoms with E-state index in [1.807, 2.05) is 38.1 Å². The molecule has 1 aliphatic heterocycles. The number of anilines is 1. The van der Waals surface area contributed by atoms with E-state index in [1.165, 1.54) is 5.56 Å². The molecular weight excluding hydrogens is 288 g/mol. The number of nitrogens with zero attached hydrogens (tertiary/aromatic N) is 2. The number of piperidine rings is 1. The first-order chi connectivity index (χ1) is 11.1. The number of rotatable bonds is 4. The van der Waals surface area contributed by atoms with E-state index >= 15 is 0 Å². The number of hydrogen-bond donors (Lipinski definition) is 2. The van der Waals surface area contributed by atoms with E-state index in [2.05, 4.69) is 26.5 Å². The molecule has 2 N–H and O–H groups in total. The first-order valence-corrected chi connectivity index (χ1v) is 8.22. The Kier molecular flexibility index (Phi) is 4.65. The lowest BCUT2D eigenvalue weighted by Gasteiger charge is -2.32. The van der Waals surface area contributed by atoms with Crippen LogP contribution in [0.15, 0.2) is 30.3 Å². The van der Waals surface area contributed by atoms with E-state index < -0.39 is 0 Å². The molecule has 0 spiro atoms. The van der Waals surface area contributed by atoms with Crippen LogP contribution < -0.4 is 10.2 Å². The molecule has 0 radical (unpaired) electrons. The average molecular weight is 312 g/mol. The van der Waals surface area contributed by atoms with Crippen LogP contribution in [0.2, 0.25) is 0 Å². The molecule has 3 rings (SSSR count). The summed E-state index contributed by atoms with van der Waals surface area (Å²) in [6.45, 7) is 5.92. The van der Waals surface area contributed by atoms with Crippen LogP contribution in [0.4, 0.5) is 5.82 Å². The van der Waals surface area contributed by atoms with E-state index in [9.17, 15) is 4.79 Å². The van der Waals surface area contributed by atoms with E-state index in [1.54, 1.807) is 0 Å². The summed E-state index contributed by atoms with van der Waals surface area (Å²) in [5.74, 6) is 1.13. The lowest BCUT2D eigenvalue weighted by Crippen LogP contribution is -2.45. The van der Waals surface area contributed by atoms with Gasteiger partial charge in [-0.1, -0.05) is 24.3 Å². The maximum absolute atomic E-state index is 12.2. The van der Waals surface area contributed by atoms with Gasteiger partial charge >= 0.3 is 0 Å². The van der Waals surface area contributed by atoms with Crippen LogP contribution in [0, 0.1) is 13.8 Å². The molecule has 1 fully saturated rings. The minimum atomic E-state index is 0.119. The molecular formula is C18H24N4O. The third-order valence-electron chi connectivity index (χ3n) is 4.49.